The lowest BCUT2D eigenvalue weighted by molar-refractivity contribution is -0.137. The smallest absolute Gasteiger partial charge is 0.264 e. The summed E-state index contributed by atoms with van der Waals surface area (Å²) in [4.78, 5) is 3.90. The van der Waals surface area contributed by atoms with Crippen LogP contribution in [0.1, 0.15) is 12.5 Å². The number of hydrogen-bond acceptors (Lipinski definition) is 2. The zero-order chi connectivity index (χ0) is 13.3. The Bertz CT molecular complexity index is 563. The Hall–Kier alpha value is -1.56. The van der Waals surface area contributed by atoms with Gasteiger partial charge in [-0.25, -0.2) is 4.98 Å². The summed E-state index contributed by atoms with van der Waals surface area (Å²) < 4.78 is 39.5. The normalized spacial score (nSPS) is 11.8. The molecule has 0 unspecified atom stereocenters. The largest absolute Gasteiger partial charge is 0.416 e. The van der Waals surface area contributed by atoms with E-state index in [0.717, 1.165) is 12.1 Å². The average molecular weight is 276 g/mol. The number of alkyl halides is 3. The van der Waals surface area contributed by atoms with E-state index in [0.29, 0.717) is 12.2 Å². The molecular weight excluding hydrogens is 267 g/mol. The second-order valence-corrected chi connectivity index (χ2v) is 3.98. The van der Waals surface area contributed by atoms with E-state index in [1.165, 1.54) is 6.20 Å². The highest BCUT2D eigenvalue weighted by Crippen LogP contribution is 2.33. The maximum Gasteiger partial charge on any atom is 0.416 e. The minimum atomic E-state index is -4.45. The van der Waals surface area contributed by atoms with Crippen LogP contribution in [0.2, 0.25) is 5.15 Å². The van der Waals surface area contributed by atoms with E-state index < -0.39 is 11.7 Å². The van der Waals surface area contributed by atoms with Crippen molar-refractivity contribution in [2.24, 2.45) is 0 Å². The summed E-state index contributed by atoms with van der Waals surface area (Å²) in [6.07, 6.45) is -2.94. The Labute approximate surface area is 106 Å². The summed E-state index contributed by atoms with van der Waals surface area (Å²) in [6, 6.07) is 3.37. The van der Waals surface area contributed by atoms with Crippen molar-refractivity contribution in [2.45, 2.75) is 19.6 Å². The van der Waals surface area contributed by atoms with Crippen LogP contribution in [0.25, 0.3) is 11.4 Å². The van der Waals surface area contributed by atoms with Gasteiger partial charge in [-0.3, -0.25) is 4.68 Å². The van der Waals surface area contributed by atoms with E-state index in [-0.39, 0.29) is 10.8 Å². The highest BCUT2D eigenvalue weighted by atomic mass is 35.5. The van der Waals surface area contributed by atoms with Crippen molar-refractivity contribution in [2.75, 3.05) is 0 Å². The van der Waals surface area contributed by atoms with Gasteiger partial charge in [0.1, 0.15) is 5.15 Å². The summed E-state index contributed by atoms with van der Waals surface area (Å²) in [7, 11) is 0. The summed E-state index contributed by atoms with van der Waals surface area (Å²) in [5.74, 6) is 0. The molecule has 2 rings (SSSR count). The number of hydrogen-bond donors (Lipinski definition) is 0. The predicted octanol–water partition coefficient (Wildman–Crippen LogP) is 3.64. The van der Waals surface area contributed by atoms with Crippen molar-refractivity contribution in [1.82, 2.24) is 14.8 Å². The first-order valence-corrected chi connectivity index (χ1v) is 5.56. The minimum Gasteiger partial charge on any atom is -0.264 e. The van der Waals surface area contributed by atoms with Crippen LogP contribution in [-0.2, 0) is 12.7 Å². The number of halogens is 4. The molecule has 2 aromatic heterocycles. The van der Waals surface area contributed by atoms with Gasteiger partial charge in [-0.1, -0.05) is 11.6 Å². The maximum atomic E-state index is 12.7. The number of pyridine rings is 1. The average Bonchev–Trinajstić information content (AvgIpc) is 2.74. The third-order valence-electron chi connectivity index (χ3n) is 2.40. The summed E-state index contributed by atoms with van der Waals surface area (Å²) >= 11 is 5.63. The van der Waals surface area contributed by atoms with Crippen molar-refractivity contribution in [3.05, 3.63) is 35.1 Å². The molecule has 0 aromatic carbocycles. The van der Waals surface area contributed by atoms with Crippen LogP contribution in [-0.4, -0.2) is 14.8 Å². The highest BCUT2D eigenvalue weighted by Gasteiger charge is 2.31. The Morgan fingerprint density at radius 2 is 2.06 bits per heavy atom. The molecule has 0 saturated heterocycles. The van der Waals surface area contributed by atoms with E-state index in [1.54, 1.807) is 10.7 Å². The molecule has 0 fully saturated rings. The third-order valence-corrected chi connectivity index (χ3v) is 2.59. The Morgan fingerprint density at radius 3 is 2.67 bits per heavy atom. The van der Waals surface area contributed by atoms with E-state index >= 15 is 0 Å². The first-order chi connectivity index (χ1) is 8.41. The fourth-order valence-electron chi connectivity index (χ4n) is 1.59. The van der Waals surface area contributed by atoms with Gasteiger partial charge in [0.2, 0.25) is 0 Å². The van der Waals surface area contributed by atoms with Gasteiger partial charge < -0.3 is 0 Å². The van der Waals surface area contributed by atoms with Gasteiger partial charge in [0, 0.05) is 12.7 Å². The first-order valence-electron chi connectivity index (χ1n) is 5.18. The van der Waals surface area contributed by atoms with Crippen molar-refractivity contribution in [3.63, 3.8) is 0 Å². The molecule has 96 valence electrons. The maximum absolute atomic E-state index is 12.7. The molecule has 0 spiro atoms. The third kappa shape index (κ3) is 2.48. The van der Waals surface area contributed by atoms with Crippen LogP contribution < -0.4 is 0 Å². The Morgan fingerprint density at radius 1 is 1.33 bits per heavy atom. The molecule has 0 N–H and O–H groups in total. The molecule has 0 aliphatic rings. The number of aromatic nitrogens is 3. The van der Waals surface area contributed by atoms with Crippen molar-refractivity contribution in [3.8, 4) is 11.4 Å². The second-order valence-electron chi connectivity index (χ2n) is 3.59. The van der Waals surface area contributed by atoms with E-state index in [1.807, 2.05) is 6.92 Å². The quantitative estimate of drug-likeness (QED) is 0.784. The fourth-order valence-corrected chi connectivity index (χ4v) is 1.80. The molecule has 0 aliphatic carbocycles. The predicted molar refractivity (Wildman–Crippen MR) is 61.1 cm³/mol. The molecule has 0 atom stereocenters. The summed E-state index contributed by atoms with van der Waals surface area (Å²) in [5.41, 5.74) is -0.152. The van der Waals surface area contributed by atoms with Gasteiger partial charge in [0.15, 0.2) is 0 Å². The van der Waals surface area contributed by atoms with E-state index in [4.69, 9.17) is 11.6 Å². The van der Waals surface area contributed by atoms with E-state index in [2.05, 4.69) is 10.1 Å². The van der Waals surface area contributed by atoms with Crippen LogP contribution >= 0.6 is 11.6 Å². The molecular formula is C11H9ClF3N3. The second kappa shape index (κ2) is 4.61. The summed E-state index contributed by atoms with van der Waals surface area (Å²) in [5, 5.41) is 3.79. The van der Waals surface area contributed by atoms with Crippen LogP contribution in [0.3, 0.4) is 0 Å². The monoisotopic (exact) mass is 275 g/mol. The summed E-state index contributed by atoms with van der Waals surface area (Å²) in [6.45, 7) is 2.38. The standard InChI is InChI=1S/C11H9ClF3N3/c1-2-18-9(3-4-16-18)8-5-7(11(13,14)15)6-10(12)17-8/h3-6H,2H2,1H3. The Kier molecular flexibility index (Phi) is 3.30. The molecule has 0 aliphatic heterocycles. The molecule has 2 heterocycles. The molecule has 18 heavy (non-hydrogen) atoms. The van der Waals surface area contributed by atoms with Crippen molar-refractivity contribution < 1.29 is 13.2 Å². The number of nitrogens with zero attached hydrogens (tertiary/aromatic N) is 3. The lowest BCUT2D eigenvalue weighted by atomic mass is 10.2. The van der Waals surface area contributed by atoms with Gasteiger partial charge in [-0.15, -0.1) is 0 Å². The first kappa shape index (κ1) is 12.9. The van der Waals surface area contributed by atoms with Gasteiger partial charge in [-0.2, -0.15) is 18.3 Å². The molecule has 0 saturated carbocycles. The van der Waals surface area contributed by atoms with Crippen LogP contribution in [0.5, 0.6) is 0 Å². The van der Waals surface area contributed by atoms with Crippen molar-refractivity contribution >= 4 is 11.6 Å². The lowest BCUT2D eigenvalue weighted by Crippen LogP contribution is -2.07. The number of aryl methyl sites for hydroxylation is 1. The van der Waals surface area contributed by atoms with Gasteiger partial charge in [-0.05, 0) is 25.1 Å². The van der Waals surface area contributed by atoms with Crippen LogP contribution in [0, 0.1) is 0 Å². The van der Waals surface area contributed by atoms with E-state index in [9.17, 15) is 13.2 Å². The van der Waals surface area contributed by atoms with Crippen LogP contribution in [0.15, 0.2) is 24.4 Å². The topological polar surface area (TPSA) is 30.7 Å². The molecule has 0 radical (unpaired) electrons. The van der Waals surface area contributed by atoms with Crippen LogP contribution in [0.4, 0.5) is 13.2 Å². The molecule has 0 bridgehead atoms. The zero-order valence-corrected chi connectivity index (χ0v) is 10.1. The zero-order valence-electron chi connectivity index (χ0n) is 9.37. The molecule has 2 aromatic rings. The van der Waals surface area contributed by atoms with Crippen molar-refractivity contribution in [1.29, 1.82) is 0 Å². The van der Waals surface area contributed by atoms with Gasteiger partial charge in [0.25, 0.3) is 0 Å². The molecule has 7 heteroatoms. The highest BCUT2D eigenvalue weighted by molar-refractivity contribution is 6.29. The molecule has 3 nitrogen and oxygen atoms in total. The molecule has 0 amide bonds. The van der Waals surface area contributed by atoms with Gasteiger partial charge >= 0.3 is 6.18 Å². The number of rotatable bonds is 2. The Balaban J connectivity index is 2.56. The van der Waals surface area contributed by atoms with Gasteiger partial charge in [0.05, 0.1) is 17.0 Å². The lowest BCUT2D eigenvalue weighted by Gasteiger charge is -2.10. The SMILES string of the molecule is CCn1nccc1-c1cc(C(F)(F)F)cc(Cl)n1. The fraction of sp³-hybridized carbons (Fsp3) is 0.273. The minimum absolute atomic E-state index is 0.161.